The Labute approximate surface area is 161 Å². The summed E-state index contributed by atoms with van der Waals surface area (Å²) in [7, 11) is 0. The van der Waals surface area contributed by atoms with Crippen LogP contribution in [-0.4, -0.2) is 29.1 Å². The lowest BCUT2D eigenvalue weighted by atomic mass is 9.44. The lowest BCUT2D eigenvalue weighted by Crippen LogP contribution is -2.62. The second kappa shape index (κ2) is 5.68. The molecule has 5 rings (SSSR count). The zero-order valence-corrected chi connectivity index (χ0v) is 16.6. The summed E-state index contributed by atoms with van der Waals surface area (Å²) in [6.45, 7) is 5.16. The van der Waals surface area contributed by atoms with Gasteiger partial charge >= 0.3 is 5.97 Å². The molecular formula is C23H32O4. The minimum atomic E-state index is -0.643. The summed E-state index contributed by atoms with van der Waals surface area (Å²) >= 11 is 0. The summed E-state index contributed by atoms with van der Waals surface area (Å²) in [5.74, 6) is 2.04. The van der Waals surface area contributed by atoms with Crippen molar-refractivity contribution in [3.05, 3.63) is 12.2 Å². The number of cyclic esters (lactones) is 1. The lowest BCUT2D eigenvalue weighted by Gasteiger charge is -2.62. The number of esters is 1. The summed E-state index contributed by atoms with van der Waals surface area (Å²) in [6, 6.07) is 0. The zero-order chi connectivity index (χ0) is 19.0. The maximum atomic E-state index is 12.1. The van der Waals surface area contributed by atoms with Gasteiger partial charge in [-0.1, -0.05) is 19.9 Å². The molecule has 1 unspecified atom stereocenters. The number of rotatable bonds is 1. The molecule has 0 radical (unpaired) electrons. The topological polar surface area (TPSA) is 63.6 Å². The fraction of sp³-hybridized carbons (Fsp3) is 0.826. The van der Waals surface area contributed by atoms with E-state index in [9.17, 15) is 14.7 Å². The molecule has 5 aliphatic rings. The van der Waals surface area contributed by atoms with Crippen LogP contribution in [0.3, 0.4) is 0 Å². The maximum Gasteiger partial charge on any atom is 0.306 e. The minimum Gasteiger partial charge on any atom is -0.465 e. The van der Waals surface area contributed by atoms with Crippen molar-refractivity contribution in [3.63, 3.8) is 0 Å². The summed E-state index contributed by atoms with van der Waals surface area (Å²) in [4.78, 5) is 23.6. The van der Waals surface area contributed by atoms with Gasteiger partial charge < -0.3 is 9.84 Å². The second-order valence-electron chi connectivity index (χ2n) is 10.5. The average Bonchev–Trinajstić information content (AvgIpc) is 3.16. The Hall–Kier alpha value is -1.16. The van der Waals surface area contributed by atoms with Crippen molar-refractivity contribution in [2.24, 2.45) is 40.4 Å². The van der Waals surface area contributed by atoms with E-state index in [4.69, 9.17) is 4.74 Å². The molecule has 0 aromatic heterocycles. The third-order valence-corrected chi connectivity index (χ3v) is 9.75. The van der Waals surface area contributed by atoms with E-state index in [2.05, 4.69) is 19.9 Å². The average molecular weight is 373 g/mol. The SMILES string of the molecule is C[C@]12C=CC(=O)CC1CC[C@@H]1[C@@H]2CC[C@]2(C)[C@@H]([C@@H]3COC(=O)C3)CC[C@]12O. The van der Waals surface area contributed by atoms with Gasteiger partial charge in [-0.15, -0.1) is 0 Å². The van der Waals surface area contributed by atoms with Crippen LogP contribution >= 0.6 is 0 Å². The molecule has 4 fully saturated rings. The van der Waals surface area contributed by atoms with Crippen molar-refractivity contribution in [1.82, 2.24) is 0 Å². The van der Waals surface area contributed by atoms with E-state index in [1.54, 1.807) is 6.08 Å². The van der Waals surface area contributed by atoms with Crippen molar-refractivity contribution in [2.75, 3.05) is 6.61 Å². The van der Waals surface area contributed by atoms with Gasteiger partial charge in [0.25, 0.3) is 0 Å². The third-order valence-electron chi connectivity index (χ3n) is 9.75. The second-order valence-corrected chi connectivity index (χ2v) is 10.5. The highest BCUT2D eigenvalue weighted by atomic mass is 16.5. The highest BCUT2D eigenvalue weighted by molar-refractivity contribution is 5.91. The summed E-state index contributed by atoms with van der Waals surface area (Å²) in [6.07, 6.45) is 11.3. The van der Waals surface area contributed by atoms with E-state index in [-0.39, 0.29) is 28.5 Å². The number of hydrogen-bond donors (Lipinski definition) is 1. The van der Waals surface area contributed by atoms with Crippen LogP contribution in [0, 0.1) is 40.4 Å². The van der Waals surface area contributed by atoms with Crippen LogP contribution in [0.1, 0.15) is 65.2 Å². The zero-order valence-electron chi connectivity index (χ0n) is 16.6. The van der Waals surface area contributed by atoms with Gasteiger partial charge in [0.1, 0.15) is 0 Å². The Bertz CT molecular complexity index is 713. The number of carbonyl (C=O) groups excluding carboxylic acids is 2. The highest BCUT2D eigenvalue weighted by Gasteiger charge is 2.67. The standard InChI is InChI=1S/C23H32O4/c1-21-8-5-16(24)12-15(21)3-4-19-18(21)6-9-22(2)17(7-10-23(19,22)26)14-11-20(25)27-13-14/h5,8,14-15,17-19,26H,3-4,6-7,9-13H2,1-2H3/t14-,15?,17+,18-,19+,21-,22+,23-/m0/s1. The van der Waals surface area contributed by atoms with E-state index in [0.717, 1.165) is 38.5 Å². The molecule has 27 heavy (non-hydrogen) atoms. The van der Waals surface area contributed by atoms with Gasteiger partial charge in [-0.05, 0) is 79.1 Å². The smallest absolute Gasteiger partial charge is 0.306 e. The Balaban J connectivity index is 1.47. The van der Waals surface area contributed by atoms with Crippen molar-refractivity contribution in [3.8, 4) is 0 Å². The van der Waals surface area contributed by atoms with Gasteiger partial charge in [-0.25, -0.2) is 0 Å². The fourth-order valence-corrected chi connectivity index (χ4v) is 8.19. The van der Waals surface area contributed by atoms with Crippen LogP contribution < -0.4 is 0 Å². The highest BCUT2D eigenvalue weighted by Crippen LogP contribution is 2.69. The van der Waals surface area contributed by atoms with E-state index in [1.807, 2.05) is 0 Å². The Morgan fingerprint density at radius 2 is 1.78 bits per heavy atom. The van der Waals surface area contributed by atoms with Gasteiger partial charge in [0.05, 0.1) is 18.6 Å². The van der Waals surface area contributed by atoms with Crippen molar-refractivity contribution in [2.45, 2.75) is 70.8 Å². The Morgan fingerprint density at radius 1 is 1.00 bits per heavy atom. The largest absolute Gasteiger partial charge is 0.465 e. The van der Waals surface area contributed by atoms with Gasteiger partial charge in [0.15, 0.2) is 5.78 Å². The van der Waals surface area contributed by atoms with Crippen molar-refractivity contribution >= 4 is 11.8 Å². The van der Waals surface area contributed by atoms with Crippen LogP contribution in [0.15, 0.2) is 12.2 Å². The Morgan fingerprint density at radius 3 is 2.52 bits per heavy atom. The van der Waals surface area contributed by atoms with Crippen LogP contribution in [0.4, 0.5) is 0 Å². The number of aliphatic hydroxyl groups is 1. The Kier molecular flexibility index (Phi) is 3.77. The number of ether oxygens (including phenoxy) is 1. The van der Waals surface area contributed by atoms with Crippen LogP contribution in [-0.2, 0) is 14.3 Å². The van der Waals surface area contributed by atoms with Crippen LogP contribution in [0.5, 0.6) is 0 Å². The molecule has 0 aromatic rings. The van der Waals surface area contributed by atoms with Crippen LogP contribution in [0.25, 0.3) is 0 Å². The molecule has 0 bridgehead atoms. The molecule has 4 heteroatoms. The molecule has 1 N–H and O–H groups in total. The first-order chi connectivity index (χ1) is 12.8. The first-order valence-electron chi connectivity index (χ1n) is 10.9. The number of allylic oxidation sites excluding steroid dienone is 2. The fourth-order valence-electron chi connectivity index (χ4n) is 8.19. The first-order valence-corrected chi connectivity index (χ1v) is 10.9. The molecule has 0 spiro atoms. The number of ketones is 1. The van der Waals surface area contributed by atoms with Gasteiger partial charge in [-0.2, -0.15) is 0 Å². The van der Waals surface area contributed by atoms with Crippen molar-refractivity contribution < 1.29 is 19.4 Å². The molecule has 3 saturated carbocycles. The quantitative estimate of drug-likeness (QED) is 0.714. The minimum absolute atomic E-state index is 0.0401. The summed E-state index contributed by atoms with van der Waals surface area (Å²) in [5.41, 5.74) is -0.724. The predicted molar refractivity (Wildman–Crippen MR) is 101 cm³/mol. The molecule has 4 aliphatic carbocycles. The van der Waals surface area contributed by atoms with E-state index in [1.165, 1.54) is 0 Å². The number of fused-ring (bicyclic) bond motifs is 5. The van der Waals surface area contributed by atoms with E-state index >= 15 is 0 Å². The molecule has 148 valence electrons. The molecule has 8 atom stereocenters. The van der Waals surface area contributed by atoms with Gasteiger partial charge in [-0.3, -0.25) is 9.59 Å². The van der Waals surface area contributed by atoms with E-state index < -0.39 is 5.60 Å². The molecule has 0 aromatic carbocycles. The third kappa shape index (κ3) is 2.25. The van der Waals surface area contributed by atoms with Crippen molar-refractivity contribution in [1.29, 1.82) is 0 Å². The molecule has 1 saturated heterocycles. The normalized spacial score (nSPS) is 54.3. The van der Waals surface area contributed by atoms with Crippen LogP contribution in [0.2, 0.25) is 0 Å². The molecule has 1 heterocycles. The lowest BCUT2D eigenvalue weighted by molar-refractivity contribution is -0.198. The molecular weight excluding hydrogens is 340 g/mol. The molecule has 0 amide bonds. The van der Waals surface area contributed by atoms with E-state index in [0.29, 0.717) is 43.1 Å². The number of hydrogen-bond acceptors (Lipinski definition) is 4. The maximum absolute atomic E-state index is 12.1. The van der Waals surface area contributed by atoms with Gasteiger partial charge in [0, 0.05) is 12.3 Å². The summed E-state index contributed by atoms with van der Waals surface area (Å²) < 4.78 is 5.28. The molecule has 4 nitrogen and oxygen atoms in total. The molecule has 1 aliphatic heterocycles. The monoisotopic (exact) mass is 372 g/mol. The number of carbonyl (C=O) groups is 2. The van der Waals surface area contributed by atoms with Gasteiger partial charge in [0.2, 0.25) is 0 Å². The predicted octanol–water partition coefficient (Wildman–Crippen LogP) is 3.67. The first kappa shape index (κ1) is 17.9. The summed E-state index contributed by atoms with van der Waals surface area (Å²) in [5, 5.41) is 12.1.